The van der Waals surface area contributed by atoms with Crippen LogP contribution in [0.25, 0.3) is 11.6 Å². The molecular weight excluding hydrogens is 324 g/mol. The van der Waals surface area contributed by atoms with Gasteiger partial charge < -0.3 is 9.73 Å². The Kier molecular flexibility index (Phi) is 7.36. The fourth-order valence-electron chi connectivity index (χ4n) is 2.49. The number of unbranched alkanes of at least 4 members (excludes halogenated alkanes) is 2. The van der Waals surface area contributed by atoms with Gasteiger partial charge in [0.15, 0.2) is 16.7 Å². The third-order valence-corrected chi connectivity index (χ3v) is 4.72. The van der Waals surface area contributed by atoms with E-state index in [4.69, 9.17) is 4.42 Å². The maximum Gasteiger partial charge on any atom is 0.230 e. The van der Waals surface area contributed by atoms with Gasteiger partial charge in [0.2, 0.25) is 5.91 Å². The first-order valence-electron chi connectivity index (χ1n) is 8.54. The molecule has 0 bridgehead atoms. The summed E-state index contributed by atoms with van der Waals surface area (Å²) in [4.78, 5) is 12.1. The van der Waals surface area contributed by atoms with E-state index in [0.717, 1.165) is 24.5 Å². The lowest BCUT2D eigenvalue weighted by Crippen LogP contribution is -2.33. The smallest absolute Gasteiger partial charge is 0.230 e. The minimum atomic E-state index is 0.0363. The Morgan fingerprint density at radius 2 is 2.21 bits per heavy atom. The molecule has 0 saturated heterocycles. The summed E-state index contributed by atoms with van der Waals surface area (Å²) < 4.78 is 7.35. The Morgan fingerprint density at radius 1 is 1.38 bits per heavy atom. The number of aromatic nitrogens is 3. The van der Waals surface area contributed by atoms with Gasteiger partial charge in [-0.25, -0.2) is 0 Å². The molecule has 1 unspecified atom stereocenters. The van der Waals surface area contributed by atoms with Crippen molar-refractivity contribution in [2.45, 2.75) is 64.2 Å². The second-order valence-electron chi connectivity index (χ2n) is 5.78. The number of hydrogen-bond donors (Lipinski definition) is 1. The molecule has 2 heterocycles. The summed E-state index contributed by atoms with van der Waals surface area (Å²) in [6.07, 6.45) is 6.20. The number of carbonyl (C=O) groups is 1. The van der Waals surface area contributed by atoms with E-state index in [1.165, 1.54) is 24.6 Å². The van der Waals surface area contributed by atoms with E-state index < -0.39 is 0 Å². The van der Waals surface area contributed by atoms with Crippen LogP contribution in [0.15, 0.2) is 28.0 Å². The molecule has 0 radical (unpaired) electrons. The number of rotatable bonds is 10. The van der Waals surface area contributed by atoms with Crippen molar-refractivity contribution < 1.29 is 9.21 Å². The molecule has 0 aliphatic carbocycles. The van der Waals surface area contributed by atoms with Crippen LogP contribution in [0, 0.1) is 0 Å². The van der Waals surface area contributed by atoms with E-state index in [9.17, 15) is 4.79 Å². The fraction of sp³-hybridized carbons (Fsp3) is 0.588. The van der Waals surface area contributed by atoms with Gasteiger partial charge in [0.1, 0.15) is 0 Å². The lowest BCUT2D eigenvalue weighted by Gasteiger charge is -2.13. The van der Waals surface area contributed by atoms with Crippen LogP contribution in [-0.4, -0.2) is 32.5 Å². The maximum atomic E-state index is 12.1. The Hall–Kier alpha value is -1.76. The van der Waals surface area contributed by atoms with E-state index in [-0.39, 0.29) is 11.9 Å². The zero-order valence-electron chi connectivity index (χ0n) is 14.6. The van der Waals surface area contributed by atoms with E-state index >= 15 is 0 Å². The van der Waals surface area contributed by atoms with Crippen LogP contribution in [0.5, 0.6) is 0 Å². The molecule has 2 aromatic rings. The molecule has 132 valence electrons. The first-order valence-corrected chi connectivity index (χ1v) is 9.53. The molecule has 6 nitrogen and oxygen atoms in total. The van der Waals surface area contributed by atoms with E-state index in [1.807, 2.05) is 23.6 Å². The predicted octanol–water partition coefficient (Wildman–Crippen LogP) is 3.74. The summed E-state index contributed by atoms with van der Waals surface area (Å²) in [5, 5.41) is 12.2. The minimum absolute atomic E-state index is 0.0363. The maximum absolute atomic E-state index is 12.1. The van der Waals surface area contributed by atoms with Gasteiger partial charge in [0.25, 0.3) is 0 Å². The molecule has 0 aliphatic heterocycles. The Morgan fingerprint density at radius 3 is 2.88 bits per heavy atom. The topological polar surface area (TPSA) is 73.0 Å². The molecule has 0 aromatic carbocycles. The van der Waals surface area contributed by atoms with Gasteiger partial charge >= 0.3 is 0 Å². The third-order valence-electron chi connectivity index (χ3n) is 3.76. The molecule has 0 aliphatic rings. The Balaban J connectivity index is 1.87. The van der Waals surface area contributed by atoms with Gasteiger partial charge in [0.05, 0.1) is 12.0 Å². The normalized spacial score (nSPS) is 12.3. The fourth-order valence-corrected chi connectivity index (χ4v) is 3.30. The van der Waals surface area contributed by atoms with Crippen molar-refractivity contribution in [3.63, 3.8) is 0 Å². The summed E-state index contributed by atoms with van der Waals surface area (Å²) >= 11 is 1.40. The van der Waals surface area contributed by atoms with Crippen molar-refractivity contribution in [3.05, 3.63) is 18.4 Å². The standard InChI is InChI=1S/C17H26N4O2S/c1-4-6-7-9-13(3)18-15(22)12-24-17-20-19-16(21(17)5-2)14-10-8-11-23-14/h8,10-11,13H,4-7,9,12H2,1-3H3,(H,18,22). The lowest BCUT2D eigenvalue weighted by atomic mass is 10.1. The number of thioether (sulfide) groups is 1. The van der Waals surface area contributed by atoms with Crippen molar-refractivity contribution >= 4 is 17.7 Å². The monoisotopic (exact) mass is 350 g/mol. The number of amides is 1. The van der Waals surface area contributed by atoms with Crippen LogP contribution in [0.2, 0.25) is 0 Å². The third kappa shape index (κ3) is 5.12. The zero-order chi connectivity index (χ0) is 17.4. The van der Waals surface area contributed by atoms with Gasteiger partial charge in [-0.2, -0.15) is 0 Å². The Bertz CT molecular complexity index is 625. The molecule has 1 atom stereocenters. The predicted molar refractivity (Wildman–Crippen MR) is 95.9 cm³/mol. The molecule has 24 heavy (non-hydrogen) atoms. The summed E-state index contributed by atoms with van der Waals surface area (Å²) in [5.74, 6) is 1.76. The minimum Gasteiger partial charge on any atom is -0.461 e. The largest absolute Gasteiger partial charge is 0.461 e. The highest BCUT2D eigenvalue weighted by Crippen LogP contribution is 2.24. The summed E-state index contributed by atoms with van der Waals surface area (Å²) in [6, 6.07) is 3.90. The second-order valence-corrected chi connectivity index (χ2v) is 6.72. The van der Waals surface area contributed by atoms with Crippen LogP contribution in [0.4, 0.5) is 0 Å². The number of nitrogens with zero attached hydrogens (tertiary/aromatic N) is 3. The first kappa shape index (κ1) is 18.6. The van der Waals surface area contributed by atoms with Crippen molar-refractivity contribution in [2.24, 2.45) is 0 Å². The van der Waals surface area contributed by atoms with Gasteiger partial charge in [0, 0.05) is 12.6 Å². The van der Waals surface area contributed by atoms with Crippen molar-refractivity contribution in [1.29, 1.82) is 0 Å². The van der Waals surface area contributed by atoms with Crippen LogP contribution >= 0.6 is 11.8 Å². The number of nitrogens with one attached hydrogen (secondary N) is 1. The molecular formula is C17H26N4O2S. The van der Waals surface area contributed by atoms with Crippen LogP contribution in [0.3, 0.4) is 0 Å². The van der Waals surface area contributed by atoms with Crippen LogP contribution in [0.1, 0.15) is 46.5 Å². The molecule has 0 spiro atoms. The van der Waals surface area contributed by atoms with Crippen molar-refractivity contribution in [3.8, 4) is 11.6 Å². The number of carbonyl (C=O) groups excluding carboxylic acids is 1. The Labute approximate surface area is 147 Å². The average Bonchev–Trinajstić information content (AvgIpc) is 3.21. The number of furan rings is 1. The zero-order valence-corrected chi connectivity index (χ0v) is 15.4. The molecule has 0 fully saturated rings. The second kappa shape index (κ2) is 9.52. The van der Waals surface area contributed by atoms with Crippen molar-refractivity contribution in [1.82, 2.24) is 20.1 Å². The lowest BCUT2D eigenvalue weighted by molar-refractivity contribution is -0.119. The molecule has 7 heteroatoms. The van der Waals surface area contributed by atoms with Gasteiger partial charge in [-0.05, 0) is 32.4 Å². The summed E-state index contributed by atoms with van der Waals surface area (Å²) in [6.45, 7) is 6.98. The van der Waals surface area contributed by atoms with Crippen LogP contribution in [-0.2, 0) is 11.3 Å². The van der Waals surface area contributed by atoms with Crippen LogP contribution < -0.4 is 5.32 Å². The summed E-state index contributed by atoms with van der Waals surface area (Å²) in [7, 11) is 0. The molecule has 1 amide bonds. The highest BCUT2D eigenvalue weighted by atomic mass is 32.2. The first-order chi connectivity index (χ1) is 11.7. The molecule has 1 N–H and O–H groups in total. The summed E-state index contributed by atoms with van der Waals surface area (Å²) in [5.41, 5.74) is 0. The quantitative estimate of drug-likeness (QED) is 0.522. The molecule has 0 saturated carbocycles. The van der Waals surface area contributed by atoms with Gasteiger partial charge in [-0.15, -0.1) is 10.2 Å². The van der Waals surface area contributed by atoms with Crippen molar-refractivity contribution in [2.75, 3.05) is 5.75 Å². The average molecular weight is 350 g/mol. The number of hydrogen-bond acceptors (Lipinski definition) is 5. The SMILES string of the molecule is CCCCCC(C)NC(=O)CSc1nnc(-c2ccco2)n1CC. The van der Waals surface area contributed by atoms with Gasteiger partial charge in [-0.3, -0.25) is 9.36 Å². The van der Waals surface area contributed by atoms with E-state index in [1.54, 1.807) is 6.26 Å². The van der Waals surface area contributed by atoms with Gasteiger partial charge in [-0.1, -0.05) is 37.9 Å². The van der Waals surface area contributed by atoms with E-state index in [2.05, 4.69) is 29.4 Å². The highest BCUT2D eigenvalue weighted by Gasteiger charge is 2.16. The highest BCUT2D eigenvalue weighted by molar-refractivity contribution is 7.99. The van der Waals surface area contributed by atoms with E-state index in [0.29, 0.717) is 17.3 Å². The molecule has 2 aromatic heterocycles. The molecule has 2 rings (SSSR count).